The Kier molecular flexibility index (Phi) is 5.67. The Morgan fingerprint density at radius 1 is 1.21 bits per heavy atom. The predicted molar refractivity (Wildman–Crippen MR) is 100 cm³/mol. The number of hydrogen-bond donors (Lipinski definition) is 0. The van der Waals surface area contributed by atoms with Gasteiger partial charge in [-0.25, -0.2) is 4.98 Å². The minimum absolute atomic E-state index is 0.0526. The van der Waals surface area contributed by atoms with E-state index in [4.69, 9.17) is 0 Å². The fourth-order valence-electron chi connectivity index (χ4n) is 2.79. The standard InChI is InChI=1S/C20H19F2N3O3/c1-13-3-8-17-16(9-13)19(27)25(12-23-17)11-18(26)24(2)10-14-4-6-15(7-5-14)28-20(21)22/h3-9,12,20H,10-11H2,1-2H3. The number of fused-ring (bicyclic) bond motifs is 1. The minimum atomic E-state index is -2.88. The Morgan fingerprint density at radius 3 is 2.61 bits per heavy atom. The number of alkyl halides is 2. The van der Waals surface area contributed by atoms with Gasteiger partial charge in [-0.1, -0.05) is 23.8 Å². The molecular formula is C20H19F2N3O3. The van der Waals surface area contributed by atoms with Crippen LogP contribution in [0.1, 0.15) is 11.1 Å². The molecule has 0 radical (unpaired) electrons. The number of amides is 1. The topological polar surface area (TPSA) is 64.4 Å². The minimum Gasteiger partial charge on any atom is -0.435 e. The van der Waals surface area contributed by atoms with Crippen LogP contribution in [-0.4, -0.2) is 34.0 Å². The second kappa shape index (κ2) is 8.16. The van der Waals surface area contributed by atoms with Crippen LogP contribution in [0.25, 0.3) is 10.9 Å². The molecule has 0 fully saturated rings. The number of aryl methyl sites for hydroxylation is 1. The summed E-state index contributed by atoms with van der Waals surface area (Å²) in [7, 11) is 1.61. The summed E-state index contributed by atoms with van der Waals surface area (Å²) in [6.07, 6.45) is 1.36. The van der Waals surface area contributed by atoms with Crippen LogP contribution in [0, 0.1) is 6.92 Å². The highest BCUT2D eigenvalue weighted by Crippen LogP contribution is 2.16. The molecule has 0 spiro atoms. The van der Waals surface area contributed by atoms with Crippen LogP contribution in [-0.2, 0) is 17.9 Å². The summed E-state index contributed by atoms with van der Waals surface area (Å²) in [6, 6.07) is 11.4. The average molecular weight is 387 g/mol. The van der Waals surface area contributed by atoms with Crippen LogP contribution >= 0.6 is 0 Å². The van der Waals surface area contributed by atoms with Crippen molar-refractivity contribution < 1.29 is 18.3 Å². The summed E-state index contributed by atoms with van der Waals surface area (Å²) in [5.41, 5.74) is 1.99. The Bertz CT molecular complexity index is 1050. The molecule has 1 amide bonds. The number of halogens is 2. The zero-order valence-corrected chi connectivity index (χ0v) is 15.4. The van der Waals surface area contributed by atoms with E-state index in [1.807, 2.05) is 13.0 Å². The van der Waals surface area contributed by atoms with E-state index in [9.17, 15) is 18.4 Å². The third kappa shape index (κ3) is 4.51. The van der Waals surface area contributed by atoms with Gasteiger partial charge in [-0.05, 0) is 36.8 Å². The van der Waals surface area contributed by atoms with Gasteiger partial charge in [0.2, 0.25) is 5.91 Å². The van der Waals surface area contributed by atoms with Crippen molar-refractivity contribution in [3.63, 3.8) is 0 Å². The van der Waals surface area contributed by atoms with Gasteiger partial charge in [-0.3, -0.25) is 14.2 Å². The van der Waals surface area contributed by atoms with Crippen molar-refractivity contribution in [3.8, 4) is 5.75 Å². The Morgan fingerprint density at radius 2 is 1.93 bits per heavy atom. The maximum absolute atomic E-state index is 12.6. The second-order valence-corrected chi connectivity index (χ2v) is 6.47. The van der Waals surface area contributed by atoms with E-state index in [1.165, 1.54) is 27.9 Å². The number of rotatable bonds is 6. The summed E-state index contributed by atoms with van der Waals surface area (Å²) >= 11 is 0. The third-order valence-corrected chi connectivity index (χ3v) is 4.28. The van der Waals surface area contributed by atoms with Gasteiger partial charge in [0.05, 0.1) is 17.2 Å². The van der Waals surface area contributed by atoms with Crippen molar-refractivity contribution in [2.45, 2.75) is 26.6 Å². The van der Waals surface area contributed by atoms with E-state index in [-0.39, 0.29) is 30.3 Å². The molecule has 0 aliphatic carbocycles. The van der Waals surface area contributed by atoms with Crippen LogP contribution in [0.4, 0.5) is 8.78 Å². The van der Waals surface area contributed by atoms with Gasteiger partial charge in [-0.2, -0.15) is 8.78 Å². The normalized spacial score (nSPS) is 11.0. The first-order valence-electron chi connectivity index (χ1n) is 8.57. The number of aromatic nitrogens is 2. The Hall–Kier alpha value is -3.29. The fraction of sp³-hybridized carbons (Fsp3) is 0.250. The summed E-state index contributed by atoms with van der Waals surface area (Å²) in [6.45, 7) is -0.874. The molecule has 0 N–H and O–H groups in total. The Labute approximate surface area is 160 Å². The maximum atomic E-state index is 12.6. The molecule has 146 valence electrons. The first-order chi connectivity index (χ1) is 13.3. The predicted octanol–water partition coefficient (Wildman–Crippen LogP) is 2.96. The molecule has 0 bridgehead atoms. The number of nitrogens with zero attached hydrogens (tertiary/aromatic N) is 3. The first-order valence-corrected chi connectivity index (χ1v) is 8.57. The lowest BCUT2D eigenvalue weighted by Gasteiger charge is -2.18. The van der Waals surface area contributed by atoms with Gasteiger partial charge in [0.1, 0.15) is 12.3 Å². The Balaban J connectivity index is 1.69. The van der Waals surface area contributed by atoms with E-state index in [2.05, 4.69) is 9.72 Å². The highest BCUT2D eigenvalue weighted by molar-refractivity contribution is 5.79. The quantitative estimate of drug-likeness (QED) is 0.652. The number of benzene rings is 2. The van der Waals surface area contributed by atoms with Gasteiger partial charge in [0, 0.05) is 13.6 Å². The number of hydrogen-bond acceptors (Lipinski definition) is 4. The molecule has 0 saturated heterocycles. The highest BCUT2D eigenvalue weighted by atomic mass is 19.3. The zero-order valence-electron chi connectivity index (χ0n) is 15.4. The number of ether oxygens (including phenoxy) is 1. The molecule has 0 atom stereocenters. The number of carbonyl (C=O) groups excluding carboxylic acids is 1. The molecule has 0 aliphatic rings. The fourth-order valence-corrected chi connectivity index (χ4v) is 2.79. The zero-order chi connectivity index (χ0) is 20.3. The molecule has 1 heterocycles. The van der Waals surface area contributed by atoms with Gasteiger partial charge in [-0.15, -0.1) is 0 Å². The second-order valence-electron chi connectivity index (χ2n) is 6.47. The van der Waals surface area contributed by atoms with Crippen molar-refractivity contribution in [2.24, 2.45) is 0 Å². The van der Waals surface area contributed by atoms with Crippen molar-refractivity contribution >= 4 is 16.8 Å². The van der Waals surface area contributed by atoms with Crippen LogP contribution in [0.3, 0.4) is 0 Å². The lowest BCUT2D eigenvalue weighted by molar-refractivity contribution is -0.131. The van der Waals surface area contributed by atoms with Crippen molar-refractivity contribution in [3.05, 3.63) is 70.3 Å². The van der Waals surface area contributed by atoms with Crippen LogP contribution in [0.2, 0.25) is 0 Å². The van der Waals surface area contributed by atoms with E-state index >= 15 is 0 Å². The summed E-state index contributed by atoms with van der Waals surface area (Å²) in [5.74, 6) is -0.222. The third-order valence-electron chi connectivity index (χ3n) is 4.28. The molecule has 0 aliphatic heterocycles. The van der Waals surface area contributed by atoms with Crippen LogP contribution in [0.5, 0.6) is 5.75 Å². The molecule has 3 rings (SSSR count). The molecular weight excluding hydrogens is 368 g/mol. The molecule has 0 unspecified atom stereocenters. The van der Waals surface area contributed by atoms with Crippen molar-refractivity contribution in [1.29, 1.82) is 0 Å². The average Bonchev–Trinajstić information content (AvgIpc) is 2.65. The first kappa shape index (κ1) is 19.5. The molecule has 28 heavy (non-hydrogen) atoms. The SMILES string of the molecule is Cc1ccc2ncn(CC(=O)N(C)Cc3ccc(OC(F)F)cc3)c(=O)c2c1. The number of likely N-dealkylation sites (N-methyl/N-ethyl adjacent to an activating group) is 1. The lowest BCUT2D eigenvalue weighted by Crippen LogP contribution is -2.33. The van der Waals surface area contributed by atoms with Crippen molar-refractivity contribution in [2.75, 3.05) is 7.05 Å². The van der Waals surface area contributed by atoms with Crippen molar-refractivity contribution in [1.82, 2.24) is 14.5 Å². The molecule has 1 aromatic heterocycles. The molecule has 8 heteroatoms. The molecule has 3 aromatic rings. The maximum Gasteiger partial charge on any atom is 0.387 e. The van der Waals surface area contributed by atoms with Gasteiger partial charge in [0.25, 0.3) is 5.56 Å². The van der Waals surface area contributed by atoms with Crippen LogP contribution < -0.4 is 10.3 Å². The number of carbonyl (C=O) groups is 1. The molecule has 6 nitrogen and oxygen atoms in total. The van der Waals surface area contributed by atoms with E-state index in [0.717, 1.165) is 11.1 Å². The van der Waals surface area contributed by atoms with E-state index in [1.54, 1.807) is 31.3 Å². The molecule has 2 aromatic carbocycles. The monoisotopic (exact) mass is 387 g/mol. The van der Waals surface area contributed by atoms with Gasteiger partial charge < -0.3 is 9.64 Å². The molecule has 0 saturated carbocycles. The van der Waals surface area contributed by atoms with Gasteiger partial charge in [0.15, 0.2) is 0 Å². The van der Waals surface area contributed by atoms with E-state index in [0.29, 0.717) is 10.9 Å². The summed E-state index contributed by atoms with van der Waals surface area (Å²) < 4.78 is 30.0. The smallest absolute Gasteiger partial charge is 0.387 e. The largest absolute Gasteiger partial charge is 0.435 e. The highest BCUT2D eigenvalue weighted by Gasteiger charge is 2.13. The summed E-state index contributed by atoms with van der Waals surface area (Å²) in [4.78, 5) is 30.8. The van der Waals surface area contributed by atoms with E-state index < -0.39 is 6.61 Å². The van der Waals surface area contributed by atoms with Crippen LogP contribution in [0.15, 0.2) is 53.6 Å². The summed E-state index contributed by atoms with van der Waals surface area (Å²) in [5, 5.41) is 0.465. The van der Waals surface area contributed by atoms with Gasteiger partial charge >= 0.3 is 6.61 Å². The lowest BCUT2D eigenvalue weighted by atomic mass is 10.2.